The second-order valence-electron chi connectivity index (χ2n) is 7.27. The predicted molar refractivity (Wildman–Crippen MR) is 110 cm³/mol. The number of aryl methyl sites for hydroxylation is 1. The van der Waals surface area contributed by atoms with E-state index < -0.39 is 12.1 Å². The second-order valence-corrected chi connectivity index (χ2v) is 8.25. The lowest BCUT2D eigenvalue weighted by Gasteiger charge is -2.08. The molecule has 1 saturated carbocycles. The van der Waals surface area contributed by atoms with E-state index in [0.29, 0.717) is 28.4 Å². The summed E-state index contributed by atoms with van der Waals surface area (Å²) in [4.78, 5) is 37.9. The maximum absolute atomic E-state index is 13.2. The van der Waals surface area contributed by atoms with Gasteiger partial charge in [0, 0.05) is 23.7 Å². The highest BCUT2D eigenvalue weighted by Gasteiger charge is 2.43. The number of amides is 1. The topological polar surface area (TPSA) is 102 Å². The van der Waals surface area contributed by atoms with Gasteiger partial charge in [-0.25, -0.2) is 18.9 Å². The molecule has 0 bridgehead atoms. The number of carbonyl (C=O) groups excluding carboxylic acids is 2. The molecule has 10 heteroatoms. The van der Waals surface area contributed by atoms with E-state index in [9.17, 15) is 14.0 Å². The van der Waals surface area contributed by atoms with Gasteiger partial charge in [0.1, 0.15) is 28.5 Å². The highest BCUT2D eigenvalue weighted by molar-refractivity contribution is 7.22. The van der Waals surface area contributed by atoms with E-state index in [1.54, 1.807) is 23.7 Å². The first-order chi connectivity index (χ1) is 14.5. The van der Waals surface area contributed by atoms with Gasteiger partial charge < -0.3 is 5.32 Å². The number of anilines is 1. The van der Waals surface area contributed by atoms with Gasteiger partial charge in [-0.15, -0.1) is 0 Å². The average molecular weight is 424 g/mol. The van der Waals surface area contributed by atoms with Crippen LogP contribution in [0.5, 0.6) is 0 Å². The molecule has 4 aromatic rings. The molecule has 4 aromatic heterocycles. The van der Waals surface area contributed by atoms with E-state index in [1.165, 1.54) is 17.7 Å². The Morgan fingerprint density at radius 2 is 2.10 bits per heavy atom. The molecule has 0 saturated heterocycles. The van der Waals surface area contributed by atoms with Crippen LogP contribution in [-0.4, -0.2) is 42.4 Å². The standard InChI is InChI=1S/C20H17FN6O2S/c1-3-16(28)14-4-9(2)12(7-22-14)10-6-15-19(27-17(10)23-8-24-27)30-20(25-15)26-18(29)11-5-13(11)21/h4,6-8,11,13H,3,5H2,1-2H3,(H,25,26,29)/t11-,13+/m0/s1. The molecule has 0 spiro atoms. The minimum Gasteiger partial charge on any atom is -0.302 e. The smallest absolute Gasteiger partial charge is 0.232 e. The van der Waals surface area contributed by atoms with E-state index in [4.69, 9.17) is 0 Å². The lowest BCUT2D eigenvalue weighted by atomic mass is 10.0. The number of nitrogens with one attached hydrogen (secondary N) is 1. The van der Waals surface area contributed by atoms with Crippen molar-refractivity contribution in [2.45, 2.75) is 32.9 Å². The molecule has 1 aliphatic rings. The molecule has 5 rings (SSSR count). The number of hydrogen-bond donors (Lipinski definition) is 1. The van der Waals surface area contributed by atoms with Crippen LogP contribution in [-0.2, 0) is 4.79 Å². The van der Waals surface area contributed by atoms with Crippen LogP contribution in [0.1, 0.15) is 35.8 Å². The summed E-state index contributed by atoms with van der Waals surface area (Å²) in [5, 5.41) is 7.39. The Bertz CT molecular complexity index is 1330. The Morgan fingerprint density at radius 1 is 1.30 bits per heavy atom. The van der Waals surface area contributed by atoms with Crippen LogP contribution in [0.3, 0.4) is 0 Å². The first kappa shape index (κ1) is 18.7. The molecule has 30 heavy (non-hydrogen) atoms. The van der Waals surface area contributed by atoms with Gasteiger partial charge in [0.2, 0.25) is 5.91 Å². The van der Waals surface area contributed by atoms with Gasteiger partial charge in [0.25, 0.3) is 0 Å². The second kappa shape index (κ2) is 6.91. The van der Waals surface area contributed by atoms with Crippen molar-refractivity contribution in [3.63, 3.8) is 0 Å². The van der Waals surface area contributed by atoms with Crippen LogP contribution >= 0.6 is 11.3 Å². The van der Waals surface area contributed by atoms with Crippen molar-refractivity contribution in [2.24, 2.45) is 5.92 Å². The van der Waals surface area contributed by atoms with Crippen molar-refractivity contribution in [1.82, 2.24) is 24.6 Å². The van der Waals surface area contributed by atoms with E-state index >= 15 is 0 Å². The number of carbonyl (C=O) groups is 2. The van der Waals surface area contributed by atoms with Crippen LogP contribution in [0, 0.1) is 12.8 Å². The summed E-state index contributed by atoms with van der Waals surface area (Å²) >= 11 is 1.26. The highest BCUT2D eigenvalue weighted by Crippen LogP contribution is 2.37. The maximum Gasteiger partial charge on any atom is 0.232 e. The molecular weight excluding hydrogens is 407 g/mol. The van der Waals surface area contributed by atoms with Gasteiger partial charge in [-0.2, -0.15) is 5.10 Å². The summed E-state index contributed by atoms with van der Waals surface area (Å²) in [6.07, 6.45) is 2.70. The number of nitrogens with zero attached hydrogens (tertiary/aromatic N) is 5. The van der Waals surface area contributed by atoms with Crippen molar-refractivity contribution in [3.05, 3.63) is 35.9 Å². The lowest BCUT2D eigenvalue weighted by molar-refractivity contribution is -0.117. The number of pyridine rings is 2. The number of aromatic nitrogens is 5. The number of rotatable bonds is 5. The molecule has 0 aromatic carbocycles. The SMILES string of the molecule is CCC(=O)c1cc(C)c(-c2cc3nc(NC(=O)[C@H]4C[C@H]4F)sc3n3ncnc23)cn1. The van der Waals surface area contributed by atoms with E-state index in [2.05, 4.69) is 25.4 Å². The van der Waals surface area contributed by atoms with Crippen LogP contribution in [0.2, 0.25) is 0 Å². The normalized spacial score (nSPS) is 18.1. The summed E-state index contributed by atoms with van der Waals surface area (Å²) in [6.45, 7) is 3.71. The van der Waals surface area contributed by atoms with Crippen LogP contribution in [0.15, 0.2) is 24.7 Å². The number of thiazole rings is 1. The molecule has 2 atom stereocenters. The monoisotopic (exact) mass is 424 g/mol. The molecule has 0 radical (unpaired) electrons. The van der Waals surface area contributed by atoms with Crippen molar-refractivity contribution in [3.8, 4) is 11.1 Å². The highest BCUT2D eigenvalue weighted by atomic mass is 32.1. The quantitative estimate of drug-likeness (QED) is 0.491. The Balaban J connectivity index is 1.59. The molecular formula is C20H17FN6O2S. The molecule has 8 nitrogen and oxygen atoms in total. The fourth-order valence-electron chi connectivity index (χ4n) is 3.40. The molecule has 1 fully saturated rings. The Kier molecular flexibility index (Phi) is 4.31. The number of halogens is 1. The van der Waals surface area contributed by atoms with E-state index in [-0.39, 0.29) is 18.1 Å². The molecule has 1 amide bonds. The van der Waals surface area contributed by atoms with Gasteiger partial charge >= 0.3 is 0 Å². The van der Waals surface area contributed by atoms with Crippen molar-refractivity contribution < 1.29 is 14.0 Å². The third-order valence-corrected chi connectivity index (χ3v) is 6.15. The van der Waals surface area contributed by atoms with Crippen molar-refractivity contribution >= 4 is 44.2 Å². The third-order valence-electron chi connectivity index (χ3n) is 5.18. The van der Waals surface area contributed by atoms with Gasteiger partial charge in [-0.3, -0.25) is 14.6 Å². The predicted octanol–water partition coefficient (Wildman–Crippen LogP) is 3.60. The number of hydrogen-bond acceptors (Lipinski definition) is 7. The fourth-order valence-corrected chi connectivity index (χ4v) is 4.31. The lowest BCUT2D eigenvalue weighted by Crippen LogP contribution is -2.14. The first-order valence-corrected chi connectivity index (χ1v) is 10.4. The van der Waals surface area contributed by atoms with Crippen molar-refractivity contribution in [1.29, 1.82) is 0 Å². The third kappa shape index (κ3) is 3.04. The molecule has 1 aliphatic carbocycles. The largest absolute Gasteiger partial charge is 0.302 e. The molecule has 0 unspecified atom stereocenters. The summed E-state index contributed by atoms with van der Waals surface area (Å²) in [6, 6.07) is 3.64. The van der Waals surface area contributed by atoms with Gasteiger partial charge in [0.05, 0.1) is 5.92 Å². The van der Waals surface area contributed by atoms with Gasteiger partial charge in [0.15, 0.2) is 16.6 Å². The molecule has 152 valence electrons. The summed E-state index contributed by atoms with van der Waals surface area (Å²) in [5.74, 6) is -0.955. The van der Waals surface area contributed by atoms with E-state index in [0.717, 1.165) is 21.5 Å². The van der Waals surface area contributed by atoms with Crippen LogP contribution in [0.4, 0.5) is 9.52 Å². The Hall–Kier alpha value is -3.27. The maximum atomic E-state index is 13.2. The van der Waals surface area contributed by atoms with Gasteiger partial charge in [-0.1, -0.05) is 18.3 Å². The minimum absolute atomic E-state index is 0.0150. The summed E-state index contributed by atoms with van der Waals surface area (Å²) in [7, 11) is 0. The number of fused-ring (bicyclic) bond motifs is 3. The molecule has 0 aliphatic heterocycles. The van der Waals surface area contributed by atoms with Crippen LogP contribution < -0.4 is 5.32 Å². The number of ketones is 1. The van der Waals surface area contributed by atoms with Crippen molar-refractivity contribution in [2.75, 3.05) is 5.32 Å². The summed E-state index contributed by atoms with van der Waals surface area (Å²) in [5.41, 5.74) is 4.16. The molecule has 1 N–H and O–H groups in total. The zero-order valence-corrected chi connectivity index (χ0v) is 17.0. The zero-order valence-electron chi connectivity index (χ0n) is 16.2. The number of alkyl halides is 1. The fraction of sp³-hybridized carbons (Fsp3) is 0.300. The van der Waals surface area contributed by atoms with Gasteiger partial charge in [-0.05, 0) is 31.0 Å². The number of Topliss-reactive ketones (excluding diaryl/α,β-unsaturated/α-hetero) is 1. The minimum atomic E-state index is -1.06. The zero-order chi connectivity index (χ0) is 21.0. The summed E-state index contributed by atoms with van der Waals surface area (Å²) < 4.78 is 14.8. The Morgan fingerprint density at radius 3 is 2.80 bits per heavy atom. The molecule has 4 heterocycles. The van der Waals surface area contributed by atoms with Crippen LogP contribution in [0.25, 0.3) is 27.1 Å². The average Bonchev–Trinajstić information content (AvgIpc) is 3.12. The van der Waals surface area contributed by atoms with E-state index in [1.807, 2.05) is 13.0 Å². The first-order valence-electron chi connectivity index (χ1n) is 9.54. The Labute approximate surface area is 174 Å².